The van der Waals surface area contributed by atoms with Crippen molar-refractivity contribution < 1.29 is 9.90 Å². The lowest BCUT2D eigenvalue weighted by molar-refractivity contribution is 0.237. The van der Waals surface area contributed by atoms with Crippen molar-refractivity contribution >= 4 is 6.03 Å². The molecule has 0 saturated carbocycles. The van der Waals surface area contributed by atoms with Crippen molar-refractivity contribution in [1.82, 2.24) is 10.6 Å². The third-order valence-corrected chi connectivity index (χ3v) is 2.66. The van der Waals surface area contributed by atoms with Crippen molar-refractivity contribution in [3.63, 3.8) is 0 Å². The Balaban J connectivity index is 2.29. The molecule has 4 heteroatoms. The number of benzene rings is 1. The van der Waals surface area contributed by atoms with Gasteiger partial charge in [0.05, 0.1) is 0 Å². The molecule has 1 aromatic carbocycles. The number of amides is 2. The van der Waals surface area contributed by atoms with E-state index in [-0.39, 0.29) is 17.8 Å². The summed E-state index contributed by atoms with van der Waals surface area (Å²) in [4.78, 5) is 11.4. The number of phenols is 1. The fourth-order valence-corrected chi connectivity index (χ4v) is 1.41. The Labute approximate surface area is 102 Å². The molecule has 0 fully saturated rings. The first-order valence-corrected chi connectivity index (χ1v) is 5.94. The van der Waals surface area contributed by atoms with E-state index in [0.29, 0.717) is 13.0 Å². The average molecular weight is 236 g/mol. The summed E-state index contributed by atoms with van der Waals surface area (Å²) in [5.41, 5.74) is 0.844. The SMILES string of the molecule is CCC(C)NC(=O)NCCc1ccccc1O. The molecule has 94 valence electrons. The van der Waals surface area contributed by atoms with Gasteiger partial charge in [0.1, 0.15) is 5.75 Å². The van der Waals surface area contributed by atoms with Crippen LogP contribution in [-0.2, 0) is 6.42 Å². The van der Waals surface area contributed by atoms with Crippen LogP contribution in [-0.4, -0.2) is 23.7 Å². The fraction of sp³-hybridized carbons (Fsp3) is 0.462. The maximum atomic E-state index is 11.4. The predicted octanol–water partition coefficient (Wildman–Crippen LogP) is 2.03. The first-order valence-electron chi connectivity index (χ1n) is 5.94. The Bertz CT molecular complexity index is 366. The third kappa shape index (κ3) is 4.76. The molecule has 0 heterocycles. The Hall–Kier alpha value is -1.71. The van der Waals surface area contributed by atoms with Gasteiger partial charge in [0, 0.05) is 12.6 Å². The summed E-state index contributed by atoms with van der Waals surface area (Å²) in [6.07, 6.45) is 1.54. The Morgan fingerprint density at radius 1 is 1.41 bits per heavy atom. The highest BCUT2D eigenvalue weighted by atomic mass is 16.3. The summed E-state index contributed by atoms with van der Waals surface area (Å²) in [6.45, 7) is 4.50. The van der Waals surface area contributed by atoms with Crippen molar-refractivity contribution in [3.8, 4) is 5.75 Å². The van der Waals surface area contributed by atoms with Crippen molar-refractivity contribution in [2.45, 2.75) is 32.7 Å². The molecule has 17 heavy (non-hydrogen) atoms. The van der Waals surface area contributed by atoms with Gasteiger partial charge in [0.2, 0.25) is 0 Å². The quantitative estimate of drug-likeness (QED) is 0.732. The molecule has 0 spiro atoms. The lowest BCUT2D eigenvalue weighted by Crippen LogP contribution is -2.41. The average Bonchev–Trinajstić information content (AvgIpc) is 2.31. The zero-order valence-corrected chi connectivity index (χ0v) is 10.4. The minimum Gasteiger partial charge on any atom is -0.508 e. The Morgan fingerprint density at radius 2 is 2.12 bits per heavy atom. The van der Waals surface area contributed by atoms with Gasteiger partial charge in [0.25, 0.3) is 0 Å². The van der Waals surface area contributed by atoms with E-state index in [1.54, 1.807) is 12.1 Å². The molecular formula is C13H20N2O2. The van der Waals surface area contributed by atoms with Crippen LogP contribution in [0.5, 0.6) is 5.75 Å². The topological polar surface area (TPSA) is 61.4 Å². The van der Waals surface area contributed by atoms with Crippen molar-refractivity contribution in [1.29, 1.82) is 0 Å². The minimum atomic E-state index is -0.158. The lowest BCUT2D eigenvalue weighted by atomic mass is 10.1. The zero-order chi connectivity index (χ0) is 12.7. The molecule has 1 rings (SSSR count). The molecule has 1 atom stereocenters. The van der Waals surface area contributed by atoms with Gasteiger partial charge in [-0.25, -0.2) is 4.79 Å². The number of phenolic OH excluding ortho intramolecular Hbond substituents is 1. The molecular weight excluding hydrogens is 216 g/mol. The molecule has 0 radical (unpaired) electrons. The van der Waals surface area contributed by atoms with E-state index in [9.17, 15) is 9.90 Å². The Kier molecular flexibility index (Phi) is 5.33. The van der Waals surface area contributed by atoms with Gasteiger partial charge >= 0.3 is 6.03 Å². The van der Waals surface area contributed by atoms with E-state index >= 15 is 0 Å². The fourth-order valence-electron chi connectivity index (χ4n) is 1.41. The van der Waals surface area contributed by atoms with Crippen LogP contribution in [0, 0.1) is 0 Å². The Morgan fingerprint density at radius 3 is 2.76 bits per heavy atom. The van der Waals surface area contributed by atoms with Crippen molar-refractivity contribution in [3.05, 3.63) is 29.8 Å². The normalized spacial score (nSPS) is 11.9. The standard InChI is InChI=1S/C13H20N2O2/c1-3-10(2)15-13(17)14-9-8-11-6-4-5-7-12(11)16/h4-7,10,16H,3,8-9H2,1-2H3,(H2,14,15,17). The summed E-state index contributed by atoms with van der Waals surface area (Å²) in [6, 6.07) is 7.17. The van der Waals surface area contributed by atoms with Gasteiger partial charge in [-0.15, -0.1) is 0 Å². The molecule has 0 saturated heterocycles. The number of hydrogen-bond acceptors (Lipinski definition) is 2. The first-order chi connectivity index (χ1) is 8.13. The highest BCUT2D eigenvalue weighted by Crippen LogP contribution is 2.15. The number of urea groups is 1. The van der Waals surface area contributed by atoms with Gasteiger partial charge in [-0.1, -0.05) is 25.1 Å². The molecule has 0 aromatic heterocycles. The van der Waals surface area contributed by atoms with Gasteiger partial charge < -0.3 is 15.7 Å². The number of carbonyl (C=O) groups is 1. The molecule has 1 aromatic rings. The van der Waals surface area contributed by atoms with Crippen LogP contribution in [0.15, 0.2) is 24.3 Å². The smallest absolute Gasteiger partial charge is 0.315 e. The van der Waals surface area contributed by atoms with Crippen LogP contribution in [0.1, 0.15) is 25.8 Å². The predicted molar refractivity (Wildman–Crippen MR) is 68.1 cm³/mol. The van der Waals surface area contributed by atoms with E-state index in [1.807, 2.05) is 26.0 Å². The lowest BCUT2D eigenvalue weighted by Gasteiger charge is -2.12. The molecule has 2 amide bonds. The molecule has 0 aliphatic heterocycles. The van der Waals surface area contributed by atoms with E-state index in [2.05, 4.69) is 10.6 Å². The van der Waals surface area contributed by atoms with Crippen LogP contribution in [0.3, 0.4) is 0 Å². The zero-order valence-electron chi connectivity index (χ0n) is 10.4. The first kappa shape index (κ1) is 13.4. The second-order valence-electron chi connectivity index (χ2n) is 4.09. The number of nitrogens with one attached hydrogen (secondary N) is 2. The monoisotopic (exact) mass is 236 g/mol. The molecule has 1 unspecified atom stereocenters. The second kappa shape index (κ2) is 6.78. The van der Waals surface area contributed by atoms with Gasteiger partial charge in [-0.3, -0.25) is 0 Å². The molecule has 3 N–H and O–H groups in total. The highest BCUT2D eigenvalue weighted by Gasteiger charge is 2.04. The summed E-state index contributed by atoms with van der Waals surface area (Å²) in [7, 11) is 0. The molecule has 0 bridgehead atoms. The highest BCUT2D eigenvalue weighted by molar-refractivity contribution is 5.74. The molecule has 0 aliphatic rings. The number of para-hydroxylation sites is 1. The minimum absolute atomic E-state index is 0.158. The van der Waals surface area contributed by atoms with Crippen LogP contribution in [0.25, 0.3) is 0 Å². The van der Waals surface area contributed by atoms with E-state index in [0.717, 1.165) is 12.0 Å². The largest absolute Gasteiger partial charge is 0.508 e. The molecule has 0 aliphatic carbocycles. The van der Waals surface area contributed by atoms with Crippen LogP contribution >= 0.6 is 0 Å². The van der Waals surface area contributed by atoms with Crippen LogP contribution in [0.4, 0.5) is 4.79 Å². The van der Waals surface area contributed by atoms with Crippen molar-refractivity contribution in [2.75, 3.05) is 6.54 Å². The maximum absolute atomic E-state index is 11.4. The van der Waals surface area contributed by atoms with Gasteiger partial charge in [-0.05, 0) is 31.4 Å². The number of aromatic hydroxyl groups is 1. The summed E-state index contributed by atoms with van der Waals surface area (Å²) in [5, 5.41) is 15.1. The summed E-state index contributed by atoms with van der Waals surface area (Å²) in [5.74, 6) is 0.275. The van der Waals surface area contributed by atoms with Gasteiger partial charge in [-0.2, -0.15) is 0 Å². The van der Waals surface area contributed by atoms with Crippen molar-refractivity contribution in [2.24, 2.45) is 0 Å². The number of hydrogen-bond donors (Lipinski definition) is 3. The third-order valence-electron chi connectivity index (χ3n) is 2.66. The van der Waals surface area contributed by atoms with Gasteiger partial charge in [0.15, 0.2) is 0 Å². The van der Waals surface area contributed by atoms with E-state index < -0.39 is 0 Å². The summed E-state index contributed by atoms with van der Waals surface area (Å²) < 4.78 is 0. The van der Waals surface area contributed by atoms with Crippen LogP contribution in [0.2, 0.25) is 0 Å². The summed E-state index contributed by atoms with van der Waals surface area (Å²) >= 11 is 0. The molecule has 4 nitrogen and oxygen atoms in total. The van der Waals surface area contributed by atoms with Crippen LogP contribution < -0.4 is 10.6 Å². The van der Waals surface area contributed by atoms with E-state index in [4.69, 9.17) is 0 Å². The number of rotatable bonds is 5. The number of carbonyl (C=O) groups excluding carboxylic acids is 1. The van der Waals surface area contributed by atoms with E-state index in [1.165, 1.54) is 0 Å². The maximum Gasteiger partial charge on any atom is 0.315 e. The second-order valence-corrected chi connectivity index (χ2v) is 4.09.